The number of piperazine rings is 1. The van der Waals surface area contributed by atoms with Crippen LogP contribution < -0.4 is 15.0 Å². The van der Waals surface area contributed by atoms with Gasteiger partial charge in [-0.15, -0.1) is 0 Å². The van der Waals surface area contributed by atoms with Crippen LogP contribution in [0.2, 0.25) is 0 Å². The van der Waals surface area contributed by atoms with Crippen molar-refractivity contribution < 1.29 is 9.53 Å². The first-order chi connectivity index (χ1) is 14.1. The van der Waals surface area contributed by atoms with Gasteiger partial charge < -0.3 is 15.0 Å². The van der Waals surface area contributed by atoms with E-state index in [2.05, 4.69) is 46.3 Å². The molecular formula is C24H33N3O2. The second-order valence-corrected chi connectivity index (χ2v) is 7.75. The molecule has 0 spiro atoms. The Bertz CT molecular complexity index is 768. The van der Waals surface area contributed by atoms with Crippen molar-refractivity contribution in [3.63, 3.8) is 0 Å². The number of anilines is 1. The van der Waals surface area contributed by atoms with Gasteiger partial charge in [0.05, 0.1) is 13.5 Å². The zero-order valence-corrected chi connectivity index (χ0v) is 17.7. The van der Waals surface area contributed by atoms with Crippen LogP contribution in [0.1, 0.15) is 24.0 Å². The molecular weight excluding hydrogens is 362 g/mol. The van der Waals surface area contributed by atoms with Gasteiger partial charge in [0.15, 0.2) is 0 Å². The Morgan fingerprint density at radius 1 is 1.03 bits per heavy atom. The number of nitrogens with zero attached hydrogens (tertiary/aromatic N) is 2. The van der Waals surface area contributed by atoms with E-state index < -0.39 is 0 Å². The van der Waals surface area contributed by atoms with E-state index in [0.29, 0.717) is 6.42 Å². The largest absolute Gasteiger partial charge is 0.497 e. The van der Waals surface area contributed by atoms with Gasteiger partial charge >= 0.3 is 0 Å². The number of methoxy groups -OCH3 is 1. The van der Waals surface area contributed by atoms with E-state index in [1.807, 2.05) is 24.3 Å². The summed E-state index contributed by atoms with van der Waals surface area (Å²) in [6, 6.07) is 16.4. The van der Waals surface area contributed by atoms with Crippen molar-refractivity contribution in [2.24, 2.45) is 0 Å². The van der Waals surface area contributed by atoms with Gasteiger partial charge in [-0.1, -0.05) is 24.3 Å². The van der Waals surface area contributed by atoms with Crippen LogP contribution >= 0.6 is 0 Å². The quantitative estimate of drug-likeness (QED) is 0.662. The lowest BCUT2D eigenvalue weighted by atomic mass is 10.1. The lowest BCUT2D eigenvalue weighted by Crippen LogP contribution is -2.46. The fourth-order valence-corrected chi connectivity index (χ4v) is 3.73. The minimum atomic E-state index is 0.0851. The van der Waals surface area contributed by atoms with Crippen LogP contribution in [0.4, 0.5) is 5.69 Å². The molecule has 2 aromatic carbocycles. The summed E-state index contributed by atoms with van der Waals surface area (Å²) >= 11 is 0. The Morgan fingerprint density at radius 2 is 1.79 bits per heavy atom. The number of unbranched alkanes of at least 4 members (excludes halogenated alkanes) is 1. The predicted molar refractivity (Wildman–Crippen MR) is 119 cm³/mol. The van der Waals surface area contributed by atoms with Gasteiger partial charge in [0.2, 0.25) is 5.91 Å². The molecule has 1 heterocycles. The maximum atomic E-state index is 12.1. The van der Waals surface area contributed by atoms with Crippen LogP contribution in [0, 0.1) is 6.92 Å². The van der Waals surface area contributed by atoms with Crippen molar-refractivity contribution in [1.82, 2.24) is 10.2 Å². The first kappa shape index (κ1) is 21.2. The molecule has 1 aliphatic rings. The van der Waals surface area contributed by atoms with E-state index in [4.69, 9.17) is 4.74 Å². The van der Waals surface area contributed by atoms with Crippen LogP contribution in [-0.2, 0) is 11.2 Å². The van der Waals surface area contributed by atoms with Gasteiger partial charge in [-0.25, -0.2) is 0 Å². The Labute approximate surface area is 174 Å². The van der Waals surface area contributed by atoms with E-state index in [-0.39, 0.29) is 5.91 Å². The SMILES string of the molecule is COc1ccc(CC(=O)NCCCCN2CCN(c3cccc(C)c3)CC2)cc1. The highest BCUT2D eigenvalue weighted by Crippen LogP contribution is 2.18. The third kappa shape index (κ3) is 6.79. The number of hydrogen-bond acceptors (Lipinski definition) is 4. The summed E-state index contributed by atoms with van der Waals surface area (Å²) in [4.78, 5) is 17.1. The second kappa shape index (κ2) is 10.9. The zero-order chi connectivity index (χ0) is 20.5. The first-order valence-corrected chi connectivity index (χ1v) is 10.6. The van der Waals surface area contributed by atoms with E-state index >= 15 is 0 Å². The molecule has 29 heavy (non-hydrogen) atoms. The third-order valence-electron chi connectivity index (χ3n) is 5.49. The minimum absolute atomic E-state index is 0.0851. The zero-order valence-electron chi connectivity index (χ0n) is 17.7. The average Bonchev–Trinajstić information content (AvgIpc) is 2.74. The molecule has 5 heteroatoms. The molecule has 1 fully saturated rings. The molecule has 0 radical (unpaired) electrons. The van der Waals surface area contributed by atoms with Crippen LogP contribution in [0.15, 0.2) is 48.5 Å². The topological polar surface area (TPSA) is 44.8 Å². The van der Waals surface area contributed by atoms with Gasteiger partial charge in [-0.3, -0.25) is 9.69 Å². The van der Waals surface area contributed by atoms with Gasteiger partial charge in [0, 0.05) is 38.4 Å². The molecule has 1 aliphatic heterocycles. The summed E-state index contributed by atoms with van der Waals surface area (Å²) in [7, 11) is 1.64. The Morgan fingerprint density at radius 3 is 2.48 bits per heavy atom. The molecule has 3 rings (SSSR count). The van der Waals surface area contributed by atoms with Crippen molar-refractivity contribution in [2.45, 2.75) is 26.2 Å². The molecule has 2 aromatic rings. The van der Waals surface area contributed by atoms with E-state index in [0.717, 1.165) is 63.4 Å². The molecule has 1 N–H and O–H groups in total. The van der Waals surface area contributed by atoms with Crippen LogP contribution in [0.25, 0.3) is 0 Å². The second-order valence-electron chi connectivity index (χ2n) is 7.75. The number of nitrogens with one attached hydrogen (secondary N) is 1. The van der Waals surface area contributed by atoms with Crippen molar-refractivity contribution in [3.8, 4) is 5.75 Å². The number of ether oxygens (including phenoxy) is 1. The molecule has 1 saturated heterocycles. The molecule has 0 aromatic heterocycles. The highest BCUT2D eigenvalue weighted by Gasteiger charge is 2.16. The highest BCUT2D eigenvalue weighted by atomic mass is 16.5. The molecule has 0 aliphatic carbocycles. The maximum Gasteiger partial charge on any atom is 0.224 e. The standard InChI is InChI=1S/C24H33N3O2/c1-20-6-5-7-22(18-20)27-16-14-26(15-17-27)13-4-3-12-25-24(28)19-21-8-10-23(29-2)11-9-21/h5-11,18H,3-4,12-17,19H2,1-2H3,(H,25,28). The summed E-state index contributed by atoms with van der Waals surface area (Å²) in [5, 5.41) is 3.03. The highest BCUT2D eigenvalue weighted by molar-refractivity contribution is 5.78. The monoisotopic (exact) mass is 395 g/mol. The van der Waals surface area contributed by atoms with Gasteiger partial charge in [-0.2, -0.15) is 0 Å². The summed E-state index contributed by atoms with van der Waals surface area (Å²) in [5.41, 5.74) is 3.66. The van der Waals surface area contributed by atoms with Crippen molar-refractivity contribution >= 4 is 11.6 Å². The molecule has 0 bridgehead atoms. The van der Waals surface area contributed by atoms with E-state index in [1.165, 1.54) is 11.3 Å². The molecule has 156 valence electrons. The first-order valence-electron chi connectivity index (χ1n) is 10.6. The summed E-state index contributed by atoms with van der Waals surface area (Å²) in [5.74, 6) is 0.899. The average molecular weight is 396 g/mol. The number of amides is 1. The molecule has 0 saturated carbocycles. The fraction of sp³-hybridized carbons (Fsp3) is 0.458. The predicted octanol–water partition coefficient (Wildman–Crippen LogP) is 3.26. The van der Waals surface area contributed by atoms with E-state index in [9.17, 15) is 4.79 Å². The third-order valence-corrected chi connectivity index (χ3v) is 5.49. The maximum absolute atomic E-state index is 12.1. The lowest BCUT2D eigenvalue weighted by Gasteiger charge is -2.36. The van der Waals surface area contributed by atoms with Crippen LogP contribution in [0.3, 0.4) is 0 Å². The summed E-state index contributed by atoms with van der Waals surface area (Å²) in [6.07, 6.45) is 2.56. The number of rotatable bonds is 9. The number of aryl methyl sites for hydroxylation is 1. The van der Waals surface area contributed by atoms with E-state index in [1.54, 1.807) is 7.11 Å². The van der Waals surface area contributed by atoms with Crippen LogP contribution in [-0.4, -0.2) is 57.2 Å². The smallest absolute Gasteiger partial charge is 0.224 e. The summed E-state index contributed by atoms with van der Waals surface area (Å²) < 4.78 is 5.14. The Balaban J connectivity index is 1.27. The van der Waals surface area contributed by atoms with Crippen molar-refractivity contribution in [3.05, 3.63) is 59.7 Å². The van der Waals surface area contributed by atoms with Crippen molar-refractivity contribution in [1.29, 1.82) is 0 Å². The Kier molecular flexibility index (Phi) is 7.94. The van der Waals surface area contributed by atoms with Gasteiger partial charge in [0.1, 0.15) is 5.75 Å². The Hall–Kier alpha value is -2.53. The van der Waals surface area contributed by atoms with Crippen LogP contribution in [0.5, 0.6) is 5.75 Å². The molecule has 5 nitrogen and oxygen atoms in total. The minimum Gasteiger partial charge on any atom is -0.497 e. The number of hydrogen-bond donors (Lipinski definition) is 1. The van der Waals surface area contributed by atoms with Gasteiger partial charge in [-0.05, 0) is 61.7 Å². The van der Waals surface area contributed by atoms with Gasteiger partial charge in [0.25, 0.3) is 0 Å². The molecule has 0 atom stereocenters. The normalized spacial score (nSPS) is 14.6. The molecule has 0 unspecified atom stereocenters. The van der Waals surface area contributed by atoms with Crippen molar-refractivity contribution in [2.75, 3.05) is 51.3 Å². The number of carbonyl (C=O) groups excluding carboxylic acids is 1. The summed E-state index contributed by atoms with van der Waals surface area (Å²) in [6.45, 7) is 8.39. The fourth-order valence-electron chi connectivity index (χ4n) is 3.73. The molecule has 1 amide bonds. The number of benzene rings is 2. The lowest BCUT2D eigenvalue weighted by molar-refractivity contribution is -0.120. The number of carbonyl (C=O) groups is 1.